The summed E-state index contributed by atoms with van der Waals surface area (Å²) in [5, 5.41) is 11.3. The van der Waals surface area contributed by atoms with Crippen molar-refractivity contribution in [1.82, 2.24) is 0 Å². The Balaban J connectivity index is 2.74. The van der Waals surface area contributed by atoms with Crippen LogP contribution in [0.5, 0.6) is 5.75 Å². The second-order valence-electron chi connectivity index (χ2n) is 4.03. The predicted octanol–water partition coefficient (Wildman–Crippen LogP) is 2.67. The van der Waals surface area contributed by atoms with E-state index < -0.39 is 0 Å². The van der Waals surface area contributed by atoms with Gasteiger partial charge in [-0.25, -0.2) is 0 Å². The third kappa shape index (κ3) is 3.47. The molecule has 0 saturated carbocycles. The third-order valence-electron chi connectivity index (χ3n) is 1.51. The van der Waals surface area contributed by atoms with Crippen LogP contribution in [-0.2, 0) is 0 Å². The molecule has 1 aromatic rings. The lowest BCUT2D eigenvalue weighted by Gasteiger charge is -2.21. The van der Waals surface area contributed by atoms with Crippen LogP contribution in [0.2, 0.25) is 0 Å². The zero-order valence-corrected chi connectivity index (χ0v) is 8.69. The Bertz CT molecular complexity index is 309. The van der Waals surface area contributed by atoms with Crippen molar-refractivity contribution >= 4 is 6.21 Å². The molecule has 3 nitrogen and oxygen atoms in total. The second kappa shape index (κ2) is 4.13. The molecule has 0 fully saturated rings. The summed E-state index contributed by atoms with van der Waals surface area (Å²) in [5.74, 6) is 0.813. The molecular formula is C11H15NO2. The fourth-order valence-corrected chi connectivity index (χ4v) is 1.04. The van der Waals surface area contributed by atoms with Gasteiger partial charge in [-0.3, -0.25) is 0 Å². The molecule has 76 valence electrons. The second-order valence-corrected chi connectivity index (χ2v) is 4.03. The van der Waals surface area contributed by atoms with Crippen molar-refractivity contribution in [3.8, 4) is 5.75 Å². The van der Waals surface area contributed by atoms with Crippen LogP contribution in [-0.4, -0.2) is 17.0 Å². The largest absolute Gasteiger partial charge is 0.488 e. The van der Waals surface area contributed by atoms with E-state index in [4.69, 9.17) is 9.94 Å². The van der Waals surface area contributed by atoms with Crippen LogP contribution in [0, 0.1) is 0 Å². The highest BCUT2D eigenvalue weighted by Gasteiger charge is 2.10. The molecule has 0 radical (unpaired) electrons. The van der Waals surface area contributed by atoms with E-state index in [1.807, 2.05) is 45.0 Å². The van der Waals surface area contributed by atoms with Crippen molar-refractivity contribution in [3.63, 3.8) is 0 Å². The summed E-state index contributed by atoms with van der Waals surface area (Å²) >= 11 is 0. The average Bonchev–Trinajstić information content (AvgIpc) is 2.06. The number of ether oxygens (including phenoxy) is 1. The molecule has 0 aliphatic heterocycles. The monoisotopic (exact) mass is 193 g/mol. The Morgan fingerprint density at radius 3 is 2.21 bits per heavy atom. The van der Waals surface area contributed by atoms with E-state index in [9.17, 15) is 0 Å². The van der Waals surface area contributed by atoms with Crippen molar-refractivity contribution in [2.45, 2.75) is 26.4 Å². The zero-order chi connectivity index (χ0) is 10.6. The molecule has 0 unspecified atom stereocenters. The highest BCUT2D eigenvalue weighted by Crippen LogP contribution is 2.17. The maximum absolute atomic E-state index is 8.31. The highest BCUT2D eigenvalue weighted by atomic mass is 16.5. The zero-order valence-electron chi connectivity index (χ0n) is 8.69. The molecular weight excluding hydrogens is 178 g/mol. The first kappa shape index (κ1) is 10.6. The molecule has 0 saturated heterocycles. The predicted molar refractivity (Wildman–Crippen MR) is 56.2 cm³/mol. The summed E-state index contributed by atoms with van der Waals surface area (Å²) < 4.78 is 5.63. The van der Waals surface area contributed by atoms with E-state index in [0.29, 0.717) is 0 Å². The molecule has 0 aromatic heterocycles. The molecule has 1 aromatic carbocycles. The molecule has 1 N–H and O–H groups in total. The number of hydrogen-bond donors (Lipinski definition) is 1. The molecule has 3 heteroatoms. The van der Waals surface area contributed by atoms with Crippen LogP contribution in [0.4, 0.5) is 0 Å². The van der Waals surface area contributed by atoms with E-state index >= 15 is 0 Å². The minimum absolute atomic E-state index is 0.188. The van der Waals surface area contributed by atoms with Gasteiger partial charge in [0.15, 0.2) is 0 Å². The van der Waals surface area contributed by atoms with Crippen molar-refractivity contribution < 1.29 is 9.94 Å². The van der Waals surface area contributed by atoms with Gasteiger partial charge in [0.2, 0.25) is 0 Å². The first-order valence-corrected chi connectivity index (χ1v) is 4.48. The molecule has 0 aliphatic carbocycles. The van der Waals surface area contributed by atoms with Crippen molar-refractivity contribution in [2.75, 3.05) is 0 Å². The topological polar surface area (TPSA) is 41.8 Å². The lowest BCUT2D eigenvalue weighted by Crippen LogP contribution is -2.22. The Labute approximate surface area is 84.0 Å². The normalized spacial score (nSPS) is 11.9. The molecule has 0 atom stereocenters. The minimum atomic E-state index is -0.188. The van der Waals surface area contributed by atoms with E-state index in [0.717, 1.165) is 11.3 Å². The number of nitrogens with zero attached hydrogens (tertiary/aromatic N) is 1. The summed E-state index contributed by atoms with van der Waals surface area (Å²) in [6, 6.07) is 7.37. The third-order valence-corrected chi connectivity index (χ3v) is 1.51. The van der Waals surface area contributed by atoms with Gasteiger partial charge in [0.05, 0.1) is 6.21 Å². The van der Waals surface area contributed by atoms with Crippen LogP contribution in [0.15, 0.2) is 29.4 Å². The van der Waals surface area contributed by atoms with Gasteiger partial charge in [0, 0.05) is 0 Å². The first-order valence-electron chi connectivity index (χ1n) is 4.48. The average molecular weight is 193 g/mol. The Kier molecular flexibility index (Phi) is 3.12. The number of benzene rings is 1. The molecule has 1 rings (SSSR count). The Morgan fingerprint density at radius 1 is 1.21 bits per heavy atom. The maximum Gasteiger partial charge on any atom is 0.120 e. The van der Waals surface area contributed by atoms with Crippen LogP contribution in [0.1, 0.15) is 26.3 Å². The molecule has 0 spiro atoms. The number of hydrogen-bond acceptors (Lipinski definition) is 3. The molecule has 0 heterocycles. The summed E-state index contributed by atoms with van der Waals surface area (Å²) in [7, 11) is 0. The van der Waals surface area contributed by atoms with E-state index in [1.54, 1.807) is 0 Å². The summed E-state index contributed by atoms with van der Waals surface area (Å²) in [6.45, 7) is 5.99. The van der Waals surface area contributed by atoms with Gasteiger partial charge < -0.3 is 9.94 Å². The van der Waals surface area contributed by atoms with E-state index in [2.05, 4.69) is 5.16 Å². The van der Waals surface area contributed by atoms with Gasteiger partial charge in [0.25, 0.3) is 0 Å². The van der Waals surface area contributed by atoms with Crippen molar-refractivity contribution in [2.24, 2.45) is 5.16 Å². The lowest BCUT2D eigenvalue weighted by atomic mass is 10.2. The lowest BCUT2D eigenvalue weighted by molar-refractivity contribution is 0.131. The minimum Gasteiger partial charge on any atom is -0.488 e. The van der Waals surface area contributed by atoms with Crippen LogP contribution >= 0.6 is 0 Å². The smallest absolute Gasteiger partial charge is 0.120 e. The molecule has 0 amide bonds. The van der Waals surface area contributed by atoms with E-state index in [-0.39, 0.29) is 5.60 Å². The van der Waals surface area contributed by atoms with Gasteiger partial charge in [-0.1, -0.05) is 5.16 Å². The SMILES string of the molecule is CC(C)(C)Oc1ccc(C=NO)cc1. The van der Waals surface area contributed by atoms with Gasteiger partial charge in [-0.05, 0) is 50.6 Å². The maximum atomic E-state index is 8.31. The van der Waals surface area contributed by atoms with Crippen molar-refractivity contribution in [3.05, 3.63) is 29.8 Å². The number of rotatable bonds is 2. The summed E-state index contributed by atoms with van der Waals surface area (Å²) in [4.78, 5) is 0. The van der Waals surface area contributed by atoms with Gasteiger partial charge >= 0.3 is 0 Å². The van der Waals surface area contributed by atoms with Gasteiger partial charge in [-0.15, -0.1) is 0 Å². The van der Waals surface area contributed by atoms with Gasteiger partial charge in [0.1, 0.15) is 11.4 Å². The van der Waals surface area contributed by atoms with Crippen LogP contribution in [0.25, 0.3) is 0 Å². The molecule has 0 aliphatic rings. The Morgan fingerprint density at radius 2 is 1.79 bits per heavy atom. The molecule has 14 heavy (non-hydrogen) atoms. The quantitative estimate of drug-likeness (QED) is 0.445. The Hall–Kier alpha value is -1.51. The van der Waals surface area contributed by atoms with Crippen LogP contribution in [0.3, 0.4) is 0 Å². The summed E-state index contributed by atoms with van der Waals surface area (Å²) in [6.07, 6.45) is 1.38. The fourth-order valence-electron chi connectivity index (χ4n) is 1.04. The number of oxime groups is 1. The van der Waals surface area contributed by atoms with E-state index in [1.165, 1.54) is 6.21 Å². The van der Waals surface area contributed by atoms with Gasteiger partial charge in [-0.2, -0.15) is 0 Å². The molecule has 0 bridgehead atoms. The van der Waals surface area contributed by atoms with Crippen LogP contribution < -0.4 is 4.74 Å². The standard InChI is InChI=1S/C11H15NO2/c1-11(2,3)14-10-6-4-9(5-7-10)8-12-13/h4-8,13H,1-3H3. The first-order chi connectivity index (χ1) is 6.51. The summed E-state index contributed by atoms with van der Waals surface area (Å²) in [5.41, 5.74) is 0.654. The fraction of sp³-hybridized carbons (Fsp3) is 0.364. The van der Waals surface area contributed by atoms with Crippen molar-refractivity contribution in [1.29, 1.82) is 0 Å². The highest BCUT2D eigenvalue weighted by molar-refractivity contribution is 5.79.